The van der Waals surface area contributed by atoms with Gasteiger partial charge in [0.2, 0.25) is 6.71 Å². The highest BCUT2D eigenvalue weighted by Crippen LogP contribution is 2.46. The van der Waals surface area contributed by atoms with Gasteiger partial charge in [0.15, 0.2) is 0 Å². The minimum absolute atomic E-state index is 0.191. The lowest BCUT2D eigenvalue weighted by atomic mass is 9.37. The molecule has 2 heterocycles. The van der Waals surface area contributed by atoms with E-state index in [1.165, 1.54) is 98.4 Å². The summed E-state index contributed by atoms with van der Waals surface area (Å²) in [6.07, 6.45) is 0. The van der Waals surface area contributed by atoms with Crippen LogP contribution in [0.2, 0.25) is 0 Å². The van der Waals surface area contributed by atoms with Gasteiger partial charge in [-0.3, -0.25) is 0 Å². The number of hydrogen-bond donors (Lipinski definition) is 0. The monoisotopic (exact) mass is 553 g/mol. The molecule has 1 nitrogen and oxygen atoms in total. The number of nitrogens with zero attached hydrogens (tertiary/aromatic N) is 1. The summed E-state index contributed by atoms with van der Waals surface area (Å²) >= 11 is 0. The Kier molecular flexibility index (Phi) is 4.20. The standard InChI is InChI=1S/C42H24BN/c1-2-8-29-22-35-34(21-28(29)7-1)32-13-6-14-38-42(32)43(35)36-23-30-9-3-4-10-31(30)24-39(36)44(38)37-20-18-27-16-15-25-11-5-12-26-17-19-33(37)41(27)40(25)26/h1-24H. The first-order valence-electron chi connectivity index (χ1n) is 15.5. The number of anilines is 3. The number of fused-ring (bicyclic) bond motifs is 7. The fourth-order valence-electron chi connectivity index (χ4n) is 8.47. The first kappa shape index (κ1) is 22.9. The van der Waals surface area contributed by atoms with Crippen LogP contribution in [-0.4, -0.2) is 6.71 Å². The van der Waals surface area contributed by atoms with E-state index in [2.05, 4.69) is 150 Å². The molecule has 0 aliphatic carbocycles. The van der Waals surface area contributed by atoms with Crippen molar-refractivity contribution in [3.8, 4) is 11.1 Å². The molecule has 0 unspecified atom stereocenters. The van der Waals surface area contributed by atoms with Crippen LogP contribution in [0.1, 0.15) is 0 Å². The molecule has 0 saturated carbocycles. The quantitative estimate of drug-likeness (QED) is 0.145. The molecule has 0 saturated heterocycles. The molecule has 0 amide bonds. The van der Waals surface area contributed by atoms with Crippen LogP contribution in [0.15, 0.2) is 146 Å². The van der Waals surface area contributed by atoms with Crippen LogP contribution in [-0.2, 0) is 0 Å². The van der Waals surface area contributed by atoms with Crippen molar-refractivity contribution in [1.29, 1.82) is 0 Å². The maximum atomic E-state index is 2.56. The van der Waals surface area contributed by atoms with Gasteiger partial charge in [-0.05, 0) is 94.8 Å². The van der Waals surface area contributed by atoms with E-state index < -0.39 is 0 Å². The van der Waals surface area contributed by atoms with Crippen LogP contribution in [0.3, 0.4) is 0 Å². The summed E-state index contributed by atoms with van der Waals surface area (Å²) in [7, 11) is 0. The number of hydrogen-bond acceptors (Lipinski definition) is 1. The van der Waals surface area contributed by atoms with Gasteiger partial charge in [0.25, 0.3) is 0 Å². The maximum Gasteiger partial charge on any atom is 0.248 e. The molecule has 2 aliphatic heterocycles. The summed E-state index contributed by atoms with van der Waals surface area (Å²) < 4.78 is 0. The molecule has 0 aromatic heterocycles. The molecule has 2 heteroatoms. The summed E-state index contributed by atoms with van der Waals surface area (Å²) in [5.41, 5.74) is 10.7. The first-order valence-corrected chi connectivity index (χ1v) is 15.5. The van der Waals surface area contributed by atoms with Gasteiger partial charge in [-0.2, -0.15) is 0 Å². The average molecular weight is 553 g/mol. The second kappa shape index (κ2) is 8.06. The van der Waals surface area contributed by atoms with Crippen LogP contribution in [0.25, 0.3) is 65.0 Å². The highest BCUT2D eigenvalue weighted by atomic mass is 15.2. The third-order valence-electron chi connectivity index (χ3n) is 10.3. The summed E-state index contributed by atoms with van der Waals surface area (Å²) in [4.78, 5) is 2.56. The van der Waals surface area contributed by atoms with Crippen molar-refractivity contribution in [1.82, 2.24) is 0 Å². The molecule has 0 atom stereocenters. The van der Waals surface area contributed by atoms with Gasteiger partial charge in [0.05, 0.1) is 5.69 Å². The Morgan fingerprint density at radius 1 is 0.364 bits per heavy atom. The third-order valence-corrected chi connectivity index (χ3v) is 10.3. The average Bonchev–Trinajstić information content (AvgIpc) is 3.40. The lowest BCUT2D eigenvalue weighted by Gasteiger charge is -2.37. The zero-order valence-corrected chi connectivity index (χ0v) is 23.9. The lowest BCUT2D eigenvalue weighted by Crippen LogP contribution is -2.54. The normalized spacial score (nSPS) is 13.4. The maximum absolute atomic E-state index is 2.56. The predicted molar refractivity (Wildman–Crippen MR) is 190 cm³/mol. The van der Waals surface area contributed by atoms with Crippen molar-refractivity contribution in [2.24, 2.45) is 0 Å². The van der Waals surface area contributed by atoms with E-state index in [0.717, 1.165) is 0 Å². The van der Waals surface area contributed by atoms with Crippen molar-refractivity contribution < 1.29 is 0 Å². The van der Waals surface area contributed by atoms with Crippen LogP contribution in [0.4, 0.5) is 17.1 Å². The lowest BCUT2D eigenvalue weighted by molar-refractivity contribution is 1.32. The molecule has 44 heavy (non-hydrogen) atoms. The minimum Gasteiger partial charge on any atom is -0.311 e. The molecule has 11 rings (SSSR count). The topological polar surface area (TPSA) is 3.24 Å². The summed E-state index contributed by atoms with van der Waals surface area (Å²) in [6, 6.07) is 54.8. The molecule has 0 spiro atoms. The van der Waals surface area contributed by atoms with Gasteiger partial charge >= 0.3 is 0 Å². The van der Waals surface area contributed by atoms with Gasteiger partial charge in [-0.1, -0.05) is 127 Å². The Balaban J connectivity index is 1.28. The summed E-state index contributed by atoms with van der Waals surface area (Å²) in [5.74, 6) is 0. The van der Waals surface area contributed by atoms with Gasteiger partial charge in [0, 0.05) is 16.8 Å². The zero-order chi connectivity index (χ0) is 28.5. The van der Waals surface area contributed by atoms with Gasteiger partial charge in [-0.25, -0.2) is 0 Å². The molecule has 0 bridgehead atoms. The van der Waals surface area contributed by atoms with E-state index in [1.807, 2.05) is 0 Å². The Morgan fingerprint density at radius 3 is 1.73 bits per heavy atom. The molecule has 9 aromatic rings. The molecular formula is C42H24BN. The molecule has 0 fully saturated rings. The van der Waals surface area contributed by atoms with Crippen molar-refractivity contribution in [3.63, 3.8) is 0 Å². The van der Waals surface area contributed by atoms with E-state index in [-0.39, 0.29) is 6.71 Å². The van der Waals surface area contributed by atoms with E-state index >= 15 is 0 Å². The summed E-state index contributed by atoms with van der Waals surface area (Å²) in [6.45, 7) is 0.191. The van der Waals surface area contributed by atoms with Crippen LogP contribution >= 0.6 is 0 Å². The molecule has 9 aromatic carbocycles. The van der Waals surface area contributed by atoms with Crippen LogP contribution < -0.4 is 21.3 Å². The number of benzene rings is 9. The van der Waals surface area contributed by atoms with E-state index in [0.29, 0.717) is 0 Å². The SMILES string of the molecule is c1cc2c3c(c1)N(c1ccc4ccc5cccc6ccc1c4c56)c1cc4ccccc4cc1B3c1cc3ccccc3cc1-2. The second-order valence-electron chi connectivity index (χ2n) is 12.5. The van der Waals surface area contributed by atoms with E-state index in [4.69, 9.17) is 0 Å². The highest BCUT2D eigenvalue weighted by molar-refractivity contribution is 7.01. The first-order chi connectivity index (χ1) is 21.8. The number of rotatable bonds is 1. The van der Waals surface area contributed by atoms with Crippen molar-refractivity contribution in [2.45, 2.75) is 0 Å². The zero-order valence-electron chi connectivity index (χ0n) is 23.9. The van der Waals surface area contributed by atoms with Crippen LogP contribution in [0.5, 0.6) is 0 Å². The van der Waals surface area contributed by atoms with Crippen molar-refractivity contribution >= 4 is 94.0 Å². The van der Waals surface area contributed by atoms with Gasteiger partial charge < -0.3 is 4.90 Å². The van der Waals surface area contributed by atoms with Crippen molar-refractivity contribution in [3.05, 3.63) is 146 Å². The Morgan fingerprint density at radius 2 is 0.955 bits per heavy atom. The molecular weight excluding hydrogens is 529 g/mol. The minimum atomic E-state index is 0.191. The molecule has 0 N–H and O–H groups in total. The van der Waals surface area contributed by atoms with Gasteiger partial charge in [-0.15, -0.1) is 0 Å². The third kappa shape index (κ3) is 2.81. The molecule has 200 valence electrons. The Bertz CT molecular complexity index is 2670. The fourth-order valence-corrected chi connectivity index (χ4v) is 8.47. The smallest absolute Gasteiger partial charge is 0.248 e. The highest BCUT2D eigenvalue weighted by Gasteiger charge is 2.43. The summed E-state index contributed by atoms with van der Waals surface area (Å²) in [5, 5.41) is 13.0. The van der Waals surface area contributed by atoms with Gasteiger partial charge in [0.1, 0.15) is 0 Å². The van der Waals surface area contributed by atoms with Crippen LogP contribution in [0, 0.1) is 0 Å². The van der Waals surface area contributed by atoms with Crippen molar-refractivity contribution in [2.75, 3.05) is 4.90 Å². The largest absolute Gasteiger partial charge is 0.311 e. The molecule has 2 aliphatic rings. The molecule has 0 radical (unpaired) electrons. The second-order valence-corrected chi connectivity index (χ2v) is 12.5. The predicted octanol–water partition coefficient (Wildman–Crippen LogP) is 9.17. The van der Waals surface area contributed by atoms with E-state index in [1.54, 1.807) is 0 Å². The fraction of sp³-hybridized carbons (Fsp3) is 0. The Labute approximate surface area is 255 Å². The Hall–Kier alpha value is -5.60. The van der Waals surface area contributed by atoms with E-state index in [9.17, 15) is 0 Å².